The van der Waals surface area contributed by atoms with Crippen molar-refractivity contribution in [2.45, 2.75) is 33.4 Å². The molecule has 3 heterocycles. The highest BCUT2D eigenvalue weighted by molar-refractivity contribution is 5.94. The summed E-state index contributed by atoms with van der Waals surface area (Å²) in [5.41, 5.74) is 3.28. The van der Waals surface area contributed by atoms with Gasteiger partial charge in [-0.3, -0.25) is 4.79 Å². The van der Waals surface area contributed by atoms with Crippen molar-refractivity contribution >= 4 is 5.91 Å². The van der Waals surface area contributed by atoms with Crippen molar-refractivity contribution in [3.8, 4) is 11.4 Å². The van der Waals surface area contributed by atoms with Crippen molar-refractivity contribution in [3.63, 3.8) is 0 Å². The summed E-state index contributed by atoms with van der Waals surface area (Å²) in [5.74, 6) is 1.97. The zero-order chi connectivity index (χ0) is 19.7. The van der Waals surface area contributed by atoms with E-state index >= 15 is 0 Å². The molecule has 1 aromatic carbocycles. The third-order valence-corrected chi connectivity index (χ3v) is 4.75. The van der Waals surface area contributed by atoms with E-state index in [1.165, 1.54) is 0 Å². The van der Waals surface area contributed by atoms with Gasteiger partial charge in [0.2, 0.25) is 0 Å². The first kappa shape index (κ1) is 18.2. The van der Waals surface area contributed by atoms with Crippen molar-refractivity contribution in [3.05, 3.63) is 65.5 Å². The predicted molar refractivity (Wildman–Crippen MR) is 104 cm³/mol. The topological polar surface area (TPSA) is 73.1 Å². The minimum absolute atomic E-state index is 0.0652. The van der Waals surface area contributed by atoms with Crippen LogP contribution in [0.5, 0.6) is 5.75 Å². The number of carbonyl (C=O) groups is 1. The van der Waals surface area contributed by atoms with E-state index in [1.54, 1.807) is 29.1 Å². The van der Waals surface area contributed by atoms with E-state index in [2.05, 4.69) is 28.9 Å². The number of rotatable bonds is 5. The molecule has 3 aromatic rings. The number of hydrogen-bond acceptors (Lipinski definition) is 5. The van der Waals surface area contributed by atoms with Gasteiger partial charge in [-0.05, 0) is 18.1 Å². The largest absolute Gasteiger partial charge is 0.494 e. The van der Waals surface area contributed by atoms with Gasteiger partial charge in [0.1, 0.15) is 17.3 Å². The van der Waals surface area contributed by atoms with Crippen LogP contribution in [-0.2, 0) is 19.5 Å². The minimum atomic E-state index is -0.0652. The summed E-state index contributed by atoms with van der Waals surface area (Å²) in [6, 6.07) is 7.57. The van der Waals surface area contributed by atoms with Gasteiger partial charge in [0.15, 0.2) is 0 Å². The van der Waals surface area contributed by atoms with Gasteiger partial charge in [-0.25, -0.2) is 14.6 Å². The fourth-order valence-corrected chi connectivity index (χ4v) is 3.37. The second-order valence-electron chi connectivity index (χ2n) is 7.36. The molecule has 7 nitrogen and oxygen atoms in total. The van der Waals surface area contributed by atoms with Gasteiger partial charge in [-0.1, -0.05) is 26.0 Å². The van der Waals surface area contributed by atoms with Crippen molar-refractivity contribution in [1.82, 2.24) is 24.6 Å². The number of carbonyl (C=O) groups excluding carboxylic acids is 1. The van der Waals surface area contributed by atoms with Gasteiger partial charge in [-0.2, -0.15) is 5.10 Å². The van der Waals surface area contributed by atoms with Gasteiger partial charge in [0, 0.05) is 30.9 Å². The standard InChI is InChI=1S/C21H23N5O2/c1-14(2)8-20-22-9-15-11-25(13-17(15)24-20)21(27)16-10-23-26(12-16)18-6-4-5-7-19(18)28-3/h4-7,9-10,12,14H,8,11,13H2,1-3H3. The Bertz CT molecular complexity index is 1010. The quantitative estimate of drug-likeness (QED) is 0.683. The van der Waals surface area contributed by atoms with Crippen LogP contribution in [0.2, 0.25) is 0 Å². The van der Waals surface area contributed by atoms with Crippen LogP contribution in [-0.4, -0.2) is 37.7 Å². The van der Waals surface area contributed by atoms with E-state index in [0.717, 1.165) is 29.2 Å². The molecule has 0 unspecified atom stereocenters. The van der Waals surface area contributed by atoms with Gasteiger partial charge in [0.05, 0.1) is 31.1 Å². The number of nitrogens with zero attached hydrogens (tertiary/aromatic N) is 5. The van der Waals surface area contributed by atoms with Crippen LogP contribution >= 0.6 is 0 Å². The molecular weight excluding hydrogens is 354 g/mol. The second-order valence-corrected chi connectivity index (χ2v) is 7.36. The van der Waals surface area contributed by atoms with Crippen LogP contribution in [0.1, 0.15) is 41.3 Å². The third-order valence-electron chi connectivity index (χ3n) is 4.75. The minimum Gasteiger partial charge on any atom is -0.494 e. The molecule has 0 N–H and O–H groups in total. The lowest BCUT2D eigenvalue weighted by molar-refractivity contribution is 0.0750. The molecule has 0 aliphatic carbocycles. The molecule has 0 bridgehead atoms. The maximum atomic E-state index is 13.0. The molecule has 0 atom stereocenters. The van der Waals surface area contributed by atoms with E-state index in [-0.39, 0.29) is 5.91 Å². The van der Waals surface area contributed by atoms with Crippen LogP contribution in [0.4, 0.5) is 0 Å². The summed E-state index contributed by atoms with van der Waals surface area (Å²) in [6.45, 7) is 5.31. The van der Waals surface area contributed by atoms with Crippen molar-refractivity contribution < 1.29 is 9.53 Å². The van der Waals surface area contributed by atoms with Gasteiger partial charge < -0.3 is 9.64 Å². The summed E-state index contributed by atoms with van der Waals surface area (Å²) in [6.07, 6.45) is 6.02. The number of aromatic nitrogens is 4. The van der Waals surface area contributed by atoms with Crippen LogP contribution in [0.3, 0.4) is 0 Å². The first-order chi connectivity index (χ1) is 13.5. The second kappa shape index (κ2) is 7.42. The molecule has 0 radical (unpaired) electrons. The van der Waals surface area contributed by atoms with Crippen LogP contribution < -0.4 is 4.74 Å². The Balaban J connectivity index is 1.52. The lowest BCUT2D eigenvalue weighted by Gasteiger charge is -2.13. The SMILES string of the molecule is COc1ccccc1-n1cc(C(=O)N2Cc3cnc(CC(C)C)nc3C2)cn1. The third kappa shape index (κ3) is 3.47. The van der Waals surface area contributed by atoms with E-state index in [0.29, 0.717) is 30.3 Å². The average Bonchev–Trinajstić information content (AvgIpc) is 3.34. The first-order valence-electron chi connectivity index (χ1n) is 9.36. The molecular formula is C21H23N5O2. The molecule has 0 spiro atoms. The first-order valence-corrected chi connectivity index (χ1v) is 9.36. The Morgan fingerprint density at radius 2 is 2.04 bits per heavy atom. The zero-order valence-corrected chi connectivity index (χ0v) is 16.3. The molecule has 1 aliphatic heterocycles. The van der Waals surface area contributed by atoms with E-state index in [9.17, 15) is 4.79 Å². The summed E-state index contributed by atoms with van der Waals surface area (Å²) in [4.78, 5) is 23.8. The zero-order valence-electron chi connectivity index (χ0n) is 16.3. The van der Waals surface area contributed by atoms with Gasteiger partial charge in [0.25, 0.3) is 5.91 Å². The summed E-state index contributed by atoms with van der Waals surface area (Å²) in [5, 5.41) is 4.34. The Hall–Kier alpha value is -3.22. The van der Waals surface area contributed by atoms with Crippen molar-refractivity contribution in [2.75, 3.05) is 7.11 Å². The lowest BCUT2D eigenvalue weighted by Crippen LogP contribution is -2.25. The highest BCUT2D eigenvalue weighted by Crippen LogP contribution is 2.25. The Labute approximate surface area is 164 Å². The van der Waals surface area contributed by atoms with E-state index in [4.69, 9.17) is 4.74 Å². The average molecular weight is 377 g/mol. The summed E-state index contributed by atoms with van der Waals surface area (Å²) >= 11 is 0. The Morgan fingerprint density at radius 1 is 1.21 bits per heavy atom. The normalized spacial score (nSPS) is 13.1. The maximum absolute atomic E-state index is 13.0. The van der Waals surface area contributed by atoms with Crippen LogP contribution in [0, 0.1) is 5.92 Å². The number of ether oxygens (including phenoxy) is 1. The molecule has 144 valence electrons. The smallest absolute Gasteiger partial charge is 0.257 e. The van der Waals surface area contributed by atoms with Gasteiger partial charge in [-0.15, -0.1) is 0 Å². The predicted octanol–water partition coefficient (Wildman–Crippen LogP) is 3.03. The molecule has 1 aliphatic rings. The fraction of sp³-hybridized carbons (Fsp3) is 0.333. The number of amides is 1. The molecule has 0 fully saturated rings. The van der Waals surface area contributed by atoms with E-state index < -0.39 is 0 Å². The van der Waals surface area contributed by atoms with Crippen LogP contribution in [0.25, 0.3) is 5.69 Å². The molecule has 4 rings (SSSR count). The molecule has 2 aromatic heterocycles. The number of methoxy groups -OCH3 is 1. The van der Waals surface area contributed by atoms with Crippen molar-refractivity contribution in [1.29, 1.82) is 0 Å². The number of hydrogen-bond donors (Lipinski definition) is 0. The lowest BCUT2D eigenvalue weighted by atomic mass is 10.1. The molecule has 0 saturated carbocycles. The molecule has 7 heteroatoms. The van der Waals surface area contributed by atoms with Crippen LogP contribution in [0.15, 0.2) is 42.9 Å². The van der Waals surface area contributed by atoms with E-state index in [1.807, 2.05) is 30.5 Å². The Kier molecular flexibility index (Phi) is 4.81. The van der Waals surface area contributed by atoms with Gasteiger partial charge >= 0.3 is 0 Å². The van der Waals surface area contributed by atoms with Crippen molar-refractivity contribution in [2.24, 2.45) is 5.92 Å². The molecule has 1 amide bonds. The summed E-state index contributed by atoms with van der Waals surface area (Å²) in [7, 11) is 1.62. The molecule has 0 saturated heterocycles. The number of fused-ring (bicyclic) bond motifs is 1. The highest BCUT2D eigenvalue weighted by atomic mass is 16.5. The monoisotopic (exact) mass is 377 g/mol. The number of para-hydroxylation sites is 2. The Morgan fingerprint density at radius 3 is 2.82 bits per heavy atom. The summed E-state index contributed by atoms with van der Waals surface area (Å²) < 4.78 is 7.04. The maximum Gasteiger partial charge on any atom is 0.257 e. The highest BCUT2D eigenvalue weighted by Gasteiger charge is 2.27. The molecule has 28 heavy (non-hydrogen) atoms. The fourth-order valence-electron chi connectivity index (χ4n) is 3.37. The number of benzene rings is 1.